The monoisotopic (exact) mass is 230 g/mol. The van der Waals surface area contributed by atoms with Gasteiger partial charge in [0.25, 0.3) is 0 Å². The number of fused-ring (bicyclic) bond motifs is 1. The summed E-state index contributed by atoms with van der Waals surface area (Å²) < 4.78 is 0. The largest absolute Gasteiger partial charge is 0.329 e. The first-order chi connectivity index (χ1) is 8.38. The van der Waals surface area contributed by atoms with Crippen molar-refractivity contribution in [3.05, 3.63) is 35.4 Å². The normalized spacial score (nSPS) is 25.4. The van der Waals surface area contributed by atoms with Crippen molar-refractivity contribution in [3.8, 4) is 0 Å². The van der Waals surface area contributed by atoms with E-state index in [0.29, 0.717) is 6.04 Å². The highest BCUT2D eigenvalue weighted by Crippen LogP contribution is 2.33. The third-order valence-corrected chi connectivity index (χ3v) is 4.46. The minimum absolute atomic E-state index is 0.459. The fourth-order valence-electron chi connectivity index (χ4n) is 3.21. The van der Waals surface area contributed by atoms with E-state index >= 15 is 0 Å². The molecule has 0 amide bonds. The molecular weight excluding hydrogens is 208 g/mol. The van der Waals surface area contributed by atoms with Gasteiger partial charge in [0, 0.05) is 25.7 Å². The van der Waals surface area contributed by atoms with Crippen LogP contribution in [-0.2, 0) is 6.42 Å². The maximum Gasteiger partial charge on any atom is 0.0473 e. The van der Waals surface area contributed by atoms with Gasteiger partial charge in [0.05, 0.1) is 0 Å². The molecule has 0 radical (unpaired) electrons. The zero-order valence-electron chi connectivity index (χ0n) is 10.4. The lowest BCUT2D eigenvalue weighted by Crippen LogP contribution is -2.42. The number of benzene rings is 1. The van der Waals surface area contributed by atoms with Crippen molar-refractivity contribution in [2.75, 3.05) is 19.6 Å². The number of nitrogens with two attached hydrogens (primary N) is 1. The minimum Gasteiger partial charge on any atom is -0.329 e. The Kier molecular flexibility index (Phi) is 3.17. The van der Waals surface area contributed by atoms with Crippen LogP contribution < -0.4 is 5.73 Å². The summed E-state index contributed by atoms with van der Waals surface area (Å²) in [7, 11) is 0. The van der Waals surface area contributed by atoms with Crippen molar-refractivity contribution in [3.63, 3.8) is 0 Å². The Labute approximate surface area is 104 Å². The van der Waals surface area contributed by atoms with Crippen molar-refractivity contribution < 1.29 is 0 Å². The Morgan fingerprint density at radius 1 is 1.24 bits per heavy atom. The summed E-state index contributed by atoms with van der Waals surface area (Å²) in [5, 5.41) is 0. The van der Waals surface area contributed by atoms with E-state index in [1.54, 1.807) is 0 Å². The van der Waals surface area contributed by atoms with E-state index in [2.05, 4.69) is 29.2 Å². The molecule has 2 nitrogen and oxygen atoms in total. The van der Waals surface area contributed by atoms with E-state index in [1.165, 1.54) is 49.9 Å². The molecule has 0 saturated heterocycles. The summed E-state index contributed by atoms with van der Waals surface area (Å²) in [6, 6.07) is 9.28. The molecule has 2 aliphatic rings. The Morgan fingerprint density at radius 2 is 2.06 bits per heavy atom. The van der Waals surface area contributed by atoms with E-state index in [0.717, 1.165) is 12.5 Å². The predicted octanol–water partition coefficient (Wildman–Crippen LogP) is 2.34. The quantitative estimate of drug-likeness (QED) is 0.863. The molecule has 1 saturated carbocycles. The van der Waals surface area contributed by atoms with Crippen LogP contribution in [0.2, 0.25) is 0 Å². The van der Waals surface area contributed by atoms with E-state index in [4.69, 9.17) is 5.73 Å². The standard InChI is InChI=1S/C15H22N2/c16-10-15-14-7-2-1-6-13(14)8-9-17(15)11-12-4-3-5-12/h1-2,6-7,12,15H,3-5,8-11,16H2. The maximum atomic E-state index is 6.00. The highest BCUT2D eigenvalue weighted by Gasteiger charge is 2.29. The molecule has 2 heteroatoms. The first kappa shape index (κ1) is 11.2. The molecule has 1 aliphatic carbocycles. The molecule has 0 spiro atoms. The number of nitrogens with zero attached hydrogens (tertiary/aromatic N) is 1. The second-order valence-corrected chi connectivity index (χ2v) is 5.49. The average molecular weight is 230 g/mol. The molecule has 1 aliphatic heterocycles. The summed E-state index contributed by atoms with van der Waals surface area (Å²) >= 11 is 0. The van der Waals surface area contributed by atoms with Crippen LogP contribution in [-0.4, -0.2) is 24.5 Å². The molecule has 3 rings (SSSR count). The van der Waals surface area contributed by atoms with E-state index < -0.39 is 0 Å². The van der Waals surface area contributed by atoms with Crippen LogP contribution in [0.4, 0.5) is 0 Å². The first-order valence-electron chi connectivity index (χ1n) is 6.90. The van der Waals surface area contributed by atoms with E-state index in [9.17, 15) is 0 Å². The minimum atomic E-state index is 0.459. The van der Waals surface area contributed by atoms with Crippen molar-refractivity contribution in [1.29, 1.82) is 0 Å². The van der Waals surface area contributed by atoms with Gasteiger partial charge in [-0.3, -0.25) is 4.90 Å². The SMILES string of the molecule is NCC1c2ccccc2CCN1CC1CCC1. The number of rotatable bonds is 3. The topological polar surface area (TPSA) is 29.3 Å². The van der Waals surface area contributed by atoms with Crippen molar-refractivity contribution in [1.82, 2.24) is 4.90 Å². The van der Waals surface area contributed by atoms with Gasteiger partial charge in [-0.15, -0.1) is 0 Å². The van der Waals surface area contributed by atoms with Gasteiger partial charge in [0.2, 0.25) is 0 Å². The fraction of sp³-hybridized carbons (Fsp3) is 0.600. The molecule has 1 unspecified atom stereocenters. The third kappa shape index (κ3) is 2.12. The Hall–Kier alpha value is -0.860. The Morgan fingerprint density at radius 3 is 2.76 bits per heavy atom. The second kappa shape index (κ2) is 4.79. The zero-order valence-corrected chi connectivity index (χ0v) is 10.4. The van der Waals surface area contributed by atoms with Gasteiger partial charge in [-0.2, -0.15) is 0 Å². The van der Waals surface area contributed by atoms with Crippen molar-refractivity contribution in [2.24, 2.45) is 11.7 Å². The molecule has 1 aromatic rings. The third-order valence-electron chi connectivity index (χ3n) is 4.46. The molecule has 1 fully saturated rings. The van der Waals surface area contributed by atoms with Crippen LogP contribution >= 0.6 is 0 Å². The number of hydrogen-bond donors (Lipinski definition) is 1. The summed E-state index contributed by atoms with van der Waals surface area (Å²) in [6.07, 6.45) is 5.48. The first-order valence-corrected chi connectivity index (χ1v) is 6.90. The second-order valence-electron chi connectivity index (χ2n) is 5.49. The molecule has 2 N–H and O–H groups in total. The lowest BCUT2D eigenvalue weighted by molar-refractivity contribution is 0.127. The molecule has 17 heavy (non-hydrogen) atoms. The van der Waals surface area contributed by atoms with Crippen LogP contribution in [0.3, 0.4) is 0 Å². The summed E-state index contributed by atoms with van der Waals surface area (Å²) in [6.45, 7) is 3.20. The van der Waals surface area contributed by atoms with Gasteiger partial charge >= 0.3 is 0 Å². The molecule has 0 aromatic heterocycles. The summed E-state index contributed by atoms with van der Waals surface area (Å²) in [5.74, 6) is 0.939. The van der Waals surface area contributed by atoms with Gasteiger partial charge in [-0.05, 0) is 36.3 Å². The zero-order chi connectivity index (χ0) is 11.7. The summed E-state index contributed by atoms with van der Waals surface area (Å²) in [5.41, 5.74) is 8.98. The van der Waals surface area contributed by atoms with Crippen LogP contribution in [0.15, 0.2) is 24.3 Å². The van der Waals surface area contributed by atoms with Crippen LogP contribution in [0.1, 0.15) is 36.4 Å². The van der Waals surface area contributed by atoms with E-state index in [1.807, 2.05) is 0 Å². The van der Waals surface area contributed by atoms with Crippen LogP contribution in [0, 0.1) is 5.92 Å². The number of hydrogen-bond acceptors (Lipinski definition) is 2. The molecular formula is C15H22N2. The lowest BCUT2D eigenvalue weighted by Gasteiger charge is -2.40. The molecule has 1 atom stereocenters. The van der Waals surface area contributed by atoms with Gasteiger partial charge < -0.3 is 5.73 Å². The highest BCUT2D eigenvalue weighted by atomic mass is 15.2. The van der Waals surface area contributed by atoms with Gasteiger partial charge in [-0.25, -0.2) is 0 Å². The van der Waals surface area contributed by atoms with Crippen molar-refractivity contribution >= 4 is 0 Å². The van der Waals surface area contributed by atoms with Crippen LogP contribution in [0.25, 0.3) is 0 Å². The maximum absolute atomic E-state index is 6.00. The summed E-state index contributed by atoms with van der Waals surface area (Å²) in [4.78, 5) is 2.62. The van der Waals surface area contributed by atoms with Gasteiger partial charge in [0.1, 0.15) is 0 Å². The lowest BCUT2D eigenvalue weighted by atomic mass is 9.83. The average Bonchev–Trinajstić information content (AvgIpc) is 2.33. The fourth-order valence-corrected chi connectivity index (χ4v) is 3.21. The predicted molar refractivity (Wildman–Crippen MR) is 70.9 cm³/mol. The van der Waals surface area contributed by atoms with E-state index in [-0.39, 0.29) is 0 Å². The Balaban J connectivity index is 1.78. The molecule has 1 aromatic carbocycles. The highest BCUT2D eigenvalue weighted by molar-refractivity contribution is 5.32. The van der Waals surface area contributed by atoms with Crippen LogP contribution in [0.5, 0.6) is 0 Å². The smallest absolute Gasteiger partial charge is 0.0473 e. The van der Waals surface area contributed by atoms with Gasteiger partial charge in [-0.1, -0.05) is 30.7 Å². The van der Waals surface area contributed by atoms with Crippen molar-refractivity contribution in [2.45, 2.75) is 31.7 Å². The molecule has 92 valence electrons. The van der Waals surface area contributed by atoms with Gasteiger partial charge in [0.15, 0.2) is 0 Å². The molecule has 1 heterocycles. The Bertz CT molecular complexity index is 384. The molecule has 0 bridgehead atoms.